The van der Waals surface area contributed by atoms with Crippen LogP contribution < -0.4 is 5.32 Å². The van der Waals surface area contributed by atoms with E-state index in [2.05, 4.69) is 28.8 Å². The smallest absolute Gasteiger partial charge is 0.407 e. The molecule has 6 nitrogen and oxygen atoms in total. The van der Waals surface area contributed by atoms with E-state index in [-0.39, 0.29) is 12.5 Å². The number of nitrogens with zero attached hydrogens (tertiary/aromatic N) is 1. The molecule has 0 saturated carbocycles. The average molecular weight is 272 g/mol. The van der Waals surface area contributed by atoms with Crippen molar-refractivity contribution in [2.24, 2.45) is 11.8 Å². The zero-order chi connectivity index (χ0) is 14.4. The molecule has 0 aromatic heterocycles. The van der Waals surface area contributed by atoms with Gasteiger partial charge in [0.05, 0.1) is 13.5 Å². The maximum atomic E-state index is 11.3. The Morgan fingerprint density at radius 1 is 1.42 bits per heavy atom. The van der Waals surface area contributed by atoms with Crippen LogP contribution in [0.5, 0.6) is 0 Å². The van der Waals surface area contributed by atoms with Crippen molar-refractivity contribution < 1.29 is 19.4 Å². The number of aliphatic carboxylic acids is 1. The second kappa shape index (κ2) is 7.33. The van der Waals surface area contributed by atoms with E-state index in [1.807, 2.05) is 0 Å². The van der Waals surface area contributed by atoms with Crippen LogP contribution in [-0.4, -0.2) is 54.9 Å². The van der Waals surface area contributed by atoms with Gasteiger partial charge in [0.1, 0.15) is 0 Å². The molecule has 1 rings (SSSR count). The minimum absolute atomic E-state index is 0.0300. The third-order valence-electron chi connectivity index (χ3n) is 3.65. The summed E-state index contributed by atoms with van der Waals surface area (Å²) in [4.78, 5) is 24.0. The van der Waals surface area contributed by atoms with Crippen LogP contribution in [0, 0.1) is 11.8 Å². The highest BCUT2D eigenvalue weighted by molar-refractivity contribution is 5.67. The molecule has 2 atom stereocenters. The van der Waals surface area contributed by atoms with Crippen molar-refractivity contribution >= 4 is 12.1 Å². The molecule has 1 amide bonds. The molecule has 0 bridgehead atoms. The summed E-state index contributed by atoms with van der Waals surface area (Å²) in [5.74, 6) is 0.184. The highest BCUT2D eigenvalue weighted by Gasteiger charge is 2.30. The largest absolute Gasteiger partial charge is 0.481 e. The third kappa shape index (κ3) is 5.46. The van der Waals surface area contributed by atoms with Crippen LogP contribution in [-0.2, 0) is 9.53 Å². The number of nitrogens with one attached hydrogen (secondary N) is 1. The van der Waals surface area contributed by atoms with Gasteiger partial charge in [-0.1, -0.05) is 13.8 Å². The van der Waals surface area contributed by atoms with Crippen LogP contribution in [0.4, 0.5) is 4.79 Å². The van der Waals surface area contributed by atoms with E-state index in [1.165, 1.54) is 7.11 Å². The molecule has 1 aliphatic heterocycles. The number of carboxylic acids is 1. The Morgan fingerprint density at radius 2 is 2.11 bits per heavy atom. The molecule has 0 radical (unpaired) electrons. The number of likely N-dealkylation sites (tertiary alicyclic amines) is 1. The van der Waals surface area contributed by atoms with Crippen molar-refractivity contribution in [3.8, 4) is 0 Å². The molecule has 2 N–H and O–H groups in total. The summed E-state index contributed by atoms with van der Waals surface area (Å²) in [6.45, 7) is 6.41. The fourth-order valence-electron chi connectivity index (χ4n) is 2.48. The van der Waals surface area contributed by atoms with E-state index < -0.39 is 12.1 Å². The van der Waals surface area contributed by atoms with Gasteiger partial charge >= 0.3 is 12.1 Å². The third-order valence-corrected chi connectivity index (χ3v) is 3.65. The normalized spacial score (nSPS) is 24.2. The molecule has 1 fully saturated rings. The van der Waals surface area contributed by atoms with Gasteiger partial charge in [-0.2, -0.15) is 0 Å². The van der Waals surface area contributed by atoms with Crippen molar-refractivity contribution in [1.29, 1.82) is 0 Å². The van der Waals surface area contributed by atoms with Gasteiger partial charge in [0.15, 0.2) is 0 Å². The van der Waals surface area contributed by atoms with E-state index in [1.54, 1.807) is 0 Å². The van der Waals surface area contributed by atoms with Crippen LogP contribution >= 0.6 is 0 Å². The molecule has 1 saturated heterocycles. The van der Waals surface area contributed by atoms with Crippen molar-refractivity contribution in [3.05, 3.63) is 0 Å². The van der Waals surface area contributed by atoms with Crippen LogP contribution in [0.15, 0.2) is 0 Å². The average Bonchev–Trinajstić information content (AvgIpc) is 2.35. The number of piperidine rings is 1. The SMILES string of the molecule is COC(=O)NC1CC(C(C)C)CN(CCC(=O)O)C1. The summed E-state index contributed by atoms with van der Waals surface area (Å²) in [5.41, 5.74) is 0. The van der Waals surface area contributed by atoms with E-state index in [0.717, 1.165) is 13.0 Å². The number of hydrogen-bond acceptors (Lipinski definition) is 4. The van der Waals surface area contributed by atoms with Gasteiger partial charge in [-0.3, -0.25) is 4.79 Å². The van der Waals surface area contributed by atoms with Crippen molar-refractivity contribution in [3.63, 3.8) is 0 Å². The van der Waals surface area contributed by atoms with Crippen molar-refractivity contribution in [2.45, 2.75) is 32.7 Å². The molecule has 0 aliphatic carbocycles. The fourth-order valence-corrected chi connectivity index (χ4v) is 2.48. The first-order valence-electron chi connectivity index (χ1n) is 6.71. The lowest BCUT2D eigenvalue weighted by atomic mass is 9.85. The lowest BCUT2D eigenvalue weighted by molar-refractivity contribution is -0.137. The topological polar surface area (TPSA) is 78.9 Å². The highest BCUT2D eigenvalue weighted by Crippen LogP contribution is 2.24. The highest BCUT2D eigenvalue weighted by atomic mass is 16.5. The Hall–Kier alpha value is -1.30. The Morgan fingerprint density at radius 3 is 2.63 bits per heavy atom. The number of amides is 1. The predicted molar refractivity (Wildman–Crippen MR) is 71.0 cm³/mol. The van der Waals surface area contributed by atoms with Gasteiger partial charge in [-0.05, 0) is 18.3 Å². The number of rotatable bonds is 5. The molecule has 19 heavy (non-hydrogen) atoms. The molecule has 0 spiro atoms. The molecule has 110 valence electrons. The zero-order valence-electron chi connectivity index (χ0n) is 11.9. The summed E-state index contributed by atoms with van der Waals surface area (Å²) in [5, 5.41) is 11.6. The molecular formula is C13H24N2O4. The van der Waals surface area contributed by atoms with E-state index in [9.17, 15) is 9.59 Å². The van der Waals surface area contributed by atoms with Gasteiger partial charge in [0, 0.05) is 25.7 Å². The first-order chi connectivity index (χ1) is 8.92. The summed E-state index contributed by atoms with van der Waals surface area (Å²) in [6, 6.07) is 0.0300. The second-order valence-corrected chi connectivity index (χ2v) is 5.48. The lowest BCUT2D eigenvalue weighted by Gasteiger charge is -2.39. The Kier molecular flexibility index (Phi) is 6.08. The number of carbonyl (C=O) groups is 2. The maximum Gasteiger partial charge on any atom is 0.407 e. The number of methoxy groups -OCH3 is 1. The molecule has 6 heteroatoms. The lowest BCUT2D eigenvalue weighted by Crippen LogP contribution is -2.52. The quantitative estimate of drug-likeness (QED) is 0.785. The minimum atomic E-state index is -0.788. The van der Waals surface area contributed by atoms with Gasteiger partial charge in [0.25, 0.3) is 0 Å². The predicted octanol–water partition coefficient (Wildman–Crippen LogP) is 1.16. The van der Waals surface area contributed by atoms with Gasteiger partial charge in [0.2, 0.25) is 0 Å². The maximum absolute atomic E-state index is 11.3. The van der Waals surface area contributed by atoms with Crippen LogP contribution in [0.1, 0.15) is 26.7 Å². The second-order valence-electron chi connectivity index (χ2n) is 5.48. The molecule has 1 heterocycles. The molecular weight excluding hydrogens is 248 g/mol. The van der Waals surface area contributed by atoms with Crippen LogP contribution in [0.25, 0.3) is 0 Å². The summed E-state index contributed by atoms with van der Waals surface area (Å²) in [7, 11) is 1.35. The number of ether oxygens (including phenoxy) is 1. The number of hydrogen-bond donors (Lipinski definition) is 2. The summed E-state index contributed by atoms with van der Waals surface area (Å²) >= 11 is 0. The van der Waals surface area contributed by atoms with Crippen molar-refractivity contribution in [1.82, 2.24) is 10.2 Å². The summed E-state index contributed by atoms with van der Waals surface area (Å²) in [6.07, 6.45) is 0.624. The molecule has 2 unspecified atom stereocenters. The standard InChI is InChI=1S/C13H24N2O4/c1-9(2)10-6-11(14-13(18)19-3)8-15(7-10)5-4-12(16)17/h9-11H,4-8H2,1-3H3,(H,14,18)(H,16,17). The van der Waals surface area contributed by atoms with Gasteiger partial charge in [-0.15, -0.1) is 0 Å². The molecule has 1 aliphatic rings. The first-order valence-corrected chi connectivity index (χ1v) is 6.71. The number of carbonyl (C=O) groups excluding carboxylic acids is 1. The first kappa shape index (κ1) is 15.8. The fraction of sp³-hybridized carbons (Fsp3) is 0.846. The molecule has 0 aromatic carbocycles. The van der Waals surface area contributed by atoms with Gasteiger partial charge < -0.3 is 20.1 Å². The van der Waals surface area contributed by atoms with Crippen LogP contribution in [0.3, 0.4) is 0 Å². The van der Waals surface area contributed by atoms with Crippen LogP contribution in [0.2, 0.25) is 0 Å². The monoisotopic (exact) mass is 272 g/mol. The van der Waals surface area contributed by atoms with Gasteiger partial charge in [-0.25, -0.2) is 4.79 Å². The van der Waals surface area contributed by atoms with E-state index in [0.29, 0.717) is 24.9 Å². The Bertz CT molecular complexity index is 320. The van der Waals surface area contributed by atoms with Crippen molar-refractivity contribution in [2.75, 3.05) is 26.7 Å². The molecule has 0 aromatic rings. The minimum Gasteiger partial charge on any atom is -0.481 e. The van der Waals surface area contributed by atoms with E-state index in [4.69, 9.17) is 5.11 Å². The zero-order valence-corrected chi connectivity index (χ0v) is 11.9. The number of alkyl carbamates (subject to hydrolysis) is 1. The Balaban J connectivity index is 2.57. The summed E-state index contributed by atoms with van der Waals surface area (Å²) < 4.78 is 4.62. The number of carboxylic acid groups (broad SMARTS) is 1. The Labute approximate surface area is 114 Å². The van der Waals surface area contributed by atoms with E-state index >= 15 is 0 Å².